The number of nitrogens with zero attached hydrogens (tertiary/aromatic N) is 2. The van der Waals surface area contributed by atoms with Gasteiger partial charge >= 0.3 is 0 Å². The molecule has 1 fully saturated rings. The van der Waals surface area contributed by atoms with Gasteiger partial charge in [-0.2, -0.15) is 0 Å². The van der Waals surface area contributed by atoms with Gasteiger partial charge in [-0.25, -0.2) is 0 Å². The predicted octanol–water partition coefficient (Wildman–Crippen LogP) is 4.03. The topological polar surface area (TPSA) is 40.6 Å². The third-order valence-corrected chi connectivity index (χ3v) is 6.01. The van der Waals surface area contributed by atoms with Gasteiger partial charge in [0.15, 0.2) is 5.78 Å². The Bertz CT molecular complexity index is 794. The molecule has 5 heteroatoms. The van der Waals surface area contributed by atoms with Crippen molar-refractivity contribution in [2.75, 3.05) is 31.1 Å². The Balaban J connectivity index is 1.54. The van der Waals surface area contributed by atoms with Gasteiger partial charge in [0.25, 0.3) is 0 Å². The van der Waals surface area contributed by atoms with Crippen LogP contribution in [0, 0.1) is 6.92 Å². The molecule has 1 aliphatic heterocycles. The average Bonchev–Trinajstić information content (AvgIpc) is 2.69. The van der Waals surface area contributed by atoms with Gasteiger partial charge in [-0.15, -0.1) is 11.8 Å². The van der Waals surface area contributed by atoms with Gasteiger partial charge < -0.3 is 9.80 Å². The number of anilines is 1. The van der Waals surface area contributed by atoms with Gasteiger partial charge in [-0.05, 0) is 57.2 Å². The summed E-state index contributed by atoms with van der Waals surface area (Å²) in [5.74, 6) is 0.282. The zero-order chi connectivity index (χ0) is 19.4. The Morgan fingerprint density at radius 1 is 0.926 bits per heavy atom. The van der Waals surface area contributed by atoms with Crippen molar-refractivity contribution in [3.8, 4) is 0 Å². The molecule has 1 saturated heterocycles. The molecule has 142 valence electrons. The van der Waals surface area contributed by atoms with E-state index in [1.165, 1.54) is 5.56 Å². The standard InChI is InChI=1S/C22H26N2O2S/c1-16-4-10-21(11-5-16)27-18(3)22(26)24-14-12-23(13-15-24)20-8-6-19(7-9-20)17(2)25/h4-11,18H,12-15H2,1-3H3. The summed E-state index contributed by atoms with van der Waals surface area (Å²) < 4.78 is 0. The van der Waals surface area contributed by atoms with E-state index in [0.717, 1.165) is 42.3 Å². The summed E-state index contributed by atoms with van der Waals surface area (Å²) in [6.07, 6.45) is 0. The third kappa shape index (κ3) is 4.92. The Kier molecular flexibility index (Phi) is 6.22. The van der Waals surface area contributed by atoms with Crippen LogP contribution in [0.4, 0.5) is 5.69 Å². The fraction of sp³-hybridized carbons (Fsp3) is 0.364. The van der Waals surface area contributed by atoms with Crippen molar-refractivity contribution >= 4 is 29.1 Å². The highest BCUT2D eigenvalue weighted by Crippen LogP contribution is 2.25. The maximum atomic E-state index is 12.8. The molecule has 1 aliphatic rings. The van der Waals surface area contributed by atoms with E-state index in [2.05, 4.69) is 36.1 Å². The van der Waals surface area contributed by atoms with Crippen LogP contribution in [0.1, 0.15) is 29.8 Å². The van der Waals surface area contributed by atoms with Crippen molar-refractivity contribution in [3.05, 3.63) is 59.7 Å². The normalized spacial score (nSPS) is 15.5. The number of rotatable bonds is 5. The number of carbonyl (C=O) groups excluding carboxylic acids is 2. The van der Waals surface area contributed by atoms with Gasteiger partial charge in [0.2, 0.25) is 5.91 Å². The first-order valence-electron chi connectivity index (χ1n) is 9.32. The van der Waals surface area contributed by atoms with Crippen LogP contribution in [-0.4, -0.2) is 48.0 Å². The average molecular weight is 383 g/mol. The first kappa shape index (κ1) is 19.5. The number of piperazine rings is 1. The minimum atomic E-state index is -0.0888. The van der Waals surface area contributed by atoms with E-state index in [1.54, 1.807) is 18.7 Å². The molecule has 1 amide bonds. The zero-order valence-corrected chi connectivity index (χ0v) is 17.0. The van der Waals surface area contributed by atoms with Crippen LogP contribution in [-0.2, 0) is 4.79 Å². The van der Waals surface area contributed by atoms with Gasteiger partial charge in [-0.1, -0.05) is 17.7 Å². The molecule has 4 nitrogen and oxygen atoms in total. The highest BCUT2D eigenvalue weighted by Gasteiger charge is 2.25. The highest BCUT2D eigenvalue weighted by atomic mass is 32.2. The van der Waals surface area contributed by atoms with Crippen molar-refractivity contribution in [1.29, 1.82) is 0 Å². The predicted molar refractivity (Wildman–Crippen MR) is 112 cm³/mol. The quantitative estimate of drug-likeness (QED) is 0.578. The number of carbonyl (C=O) groups is 2. The molecule has 27 heavy (non-hydrogen) atoms. The zero-order valence-electron chi connectivity index (χ0n) is 16.1. The van der Waals surface area contributed by atoms with Crippen LogP contribution < -0.4 is 4.90 Å². The summed E-state index contributed by atoms with van der Waals surface area (Å²) in [6.45, 7) is 8.71. The maximum Gasteiger partial charge on any atom is 0.235 e. The van der Waals surface area contributed by atoms with E-state index >= 15 is 0 Å². The van der Waals surface area contributed by atoms with Gasteiger partial charge in [0.05, 0.1) is 5.25 Å². The van der Waals surface area contributed by atoms with E-state index in [4.69, 9.17) is 0 Å². The lowest BCUT2D eigenvalue weighted by atomic mass is 10.1. The molecular formula is C22H26N2O2S. The minimum Gasteiger partial charge on any atom is -0.368 e. The number of hydrogen-bond acceptors (Lipinski definition) is 4. The number of hydrogen-bond donors (Lipinski definition) is 0. The van der Waals surface area contributed by atoms with Gasteiger partial charge in [0.1, 0.15) is 0 Å². The Morgan fingerprint density at radius 3 is 2.07 bits per heavy atom. The summed E-state index contributed by atoms with van der Waals surface area (Å²) in [7, 11) is 0. The number of ketones is 1. The first-order valence-corrected chi connectivity index (χ1v) is 10.2. The van der Waals surface area contributed by atoms with E-state index < -0.39 is 0 Å². The van der Waals surface area contributed by atoms with Crippen LogP contribution >= 0.6 is 11.8 Å². The lowest BCUT2D eigenvalue weighted by Gasteiger charge is -2.37. The molecule has 1 heterocycles. The van der Waals surface area contributed by atoms with Crippen LogP contribution in [0.25, 0.3) is 0 Å². The van der Waals surface area contributed by atoms with Crippen molar-refractivity contribution in [3.63, 3.8) is 0 Å². The Labute approximate surface area is 165 Å². The Morgan fingerprint density at radius 2 is 1.52 bits per heavy atom. The molecule has 0 saturated carbocycles. The fourth-order valence-electron chi connectivity index (χ4n) is 3.22. The molecule has 0 bridgehead atoms. The molecule has 0 radical (unpaired) electrons. The van der Waals surface area contributed by atoms with Crippen LogP contribution in [0.3, 0.4) is 0 Å². The maximum absolute atomic E-state index is 12.8. The number of aryl methyl sites for hydroxylation is 1. The second-order valence-electron chi connectivity index (χ2n) is 6.99. The second kappa shape index (κ2) is 8.61. The van der Waals surface area contributed by atoms with E-state index in [-0.39, 0.29) is 16.9 Å². The van der Waals surface area contributed by atoms with Crippen molar-refractivity contribution in [2.45, 2.75) is 30.9 Å². The molecule has 0 N–H and O–H groups in total. The third-order valence-electron chi connectivity index (χ3n) is 4.91. The lowest BCUT2D eigenvalue weighted by Crippen LogP contribution is -2.50. The monoisotopic (exact) mass is 382 g/mol. The van der Waals surface area contributed by atoms with Crippen LogP contribution in [0.2, 0.25) is 0 Å². The summed E-state index contributed by atoms with van der Waals surface area (Å²) in [5.41, 5.74) is 3.06. The largest absolute Gasteiger partial charge is 0.368 e. The Hall–Kier alpha value is -2.27. The second-order valence-corrected chi connectivity index (χ2v) is 8.40. The number of benzene rings is 2. The summed E-state index contributed by atoms with van der Waals surface area (Å²) in [6, 6.07) is 16.0. The van der Waals surface area contributed by atoms with Crippen molar-refractivity contribution in [2.24, 2.45) is 0 Å². The molecule has 1 atom stereocenters. The first-order chi connectivity index (χ1) is 12.9. The summed E-state index contributed by atoms with van der Waals surface area (Å²) in [5, 5.41) is -0.0888. The summed E-state index contributed by atoms with van der Waals surface area (Å²) in [4.78, 5) is 29.5. The van der Waals surface area contributed by atoms with E-state index in [1.807, 2.05) is 36.1 Å². The lowest BCUT2D eigenvalue weighted by molar-refractivity contribution is -0.130. The number of Topliss-reactive ketones (excluding diaryl/α,β-unsaturated/α-hetero) is 1. The van der Waals surface area contributed by atoms with Crippen molar-refractivity contribution in [1.82, 2.24) is 4.90 Å². The van der Waals surface area contributed by atoms with E-state index in [9.17, 15) is 9.59 Å². The molecule has 0 aliphatic carbocycles. The van der Waals surface area contributed by atoms with Crippen molar-refractivity contribution < 1.29 is 9.59 Å². The molecule has 0 aromatic heterocycles. The number of thioether (sulfide) groups is 1. The SMILES string of the molecule is CC(=O)c1ccc(N2CCN(C(=O)C(C)Sc3ccc(C)cc3)CC2)cc1. The molecule has 2 aromatic carbocycles. The molecule has 2 aromatic rings. The summed E-state index contributed by atoms with van der Waals surface area (Å²) >= 11 is 1.62. The molecule has 1 unspecified atom stereocenters. The highest BCUT2D eigenvalue weighted by molar-refractivity contribution is 8.00. The smallest absolute Gasteiger partial charge is 0.235 e. The molecule has 0 spiro atoms. The van der Waals surface area contributed by atoms with Crippen LogP contribution in [0.15, 0.2) is 53.4 Å². The van der Waals surface area contributed by atoms with Crippen LogP contribution in [0.5, 0.6) is 0 Å². The molecular weight excluding hydrogens is 356 g/mol. The number of amides is 1. The van der Waals surface area contributed by atoms with Gasteiger partial charge in [-0.3, -0.25) is 9.59 Å². The molecule has 3 rings (SSSR count). The van der Waals surface area contributed by atoms with Gasteiger partial charge in [0, 0.05) is 42.3 Å². The van der Waals surface area contributed by atoms with E-state index in [0.29, 0.717) is 0 Å². The fourth-order valence-corrected chi connectivity index (χ4v) is 4.17. The minimum absolute atomic E-state index is 0.0806.